The van der Waals surface area contributed by atoms with E-state index in [1.54, 1.807) is 30.3 Å². The number of nitrogens with one attached hydrogen (secondary N) is 2. The van der Waals surface area contributed by atoms with Gasteiger partial charge in [-0.1, -0.05) is 30.3 Å². The predicted molar refractivity (Wildman–Crippen MR) is 150 cm³/mol. The van der Waals surface area contributed by atoms with Crippen LogP contribution in [0.4, 0.5) is 5.69 Å². The Morgan fingerprint density at radius 1 is 0.692 bits per heavy atom. The number of hydrogen-bond donors (Lipinski definition) is 2. The summed E-state index contributed by atoms with van der Waals surface area (Å²) in [4.78, 5) is 44.7. The van der Waals surface area contributed by atoms with Gasteiger partial charge in [0, 0.05) is 17.7 Å². The molecule has 0 saturated heterocycles. The summed E-state index contributed by atoms with van der Waals surface area (Å²) < 4.78 is 2.69. The van der Waals surface area contributed by atoms with Crippen LogP contribution >= 0.6 is 0 Å². The fourth-order valence-corrected chi connectivity index (χ4v) is 6.72. The van der Waals surface area contributed by atoms with Crippen molar-refractivity contribution in [1.29, 1.82) is 0 Å². The fraction of sp³-hybridized carbons (Fsp3) is 0.0667. The zero-order valence-electron chi connectivity index (χ0n) is 20.9. The van der Waals surface area contributed by atoms with Crippen molar-refractivity contribution in [2.75, 3.05) is 0 Å². The van der Waals surface area contributed by atoms with Gasteiger partial charge in [-0.05, 0) is 17.7 Å². The van der Waals surface area contributed by atoms with Crippen molar-refractivity contribution in [1.82, 2.24) is 10.9 Å². The van der Waals surface area contributed by atoms with Gasteiger partial charge >= 0.3 is 102 Å². The van der Waals surface area contributed by atoms with Crippen molar-refractivity contribution in [3.05, 3.63) is 148 Å². The van der Waals surface area contributed by atoms with Crippen molar-refractivity contribution >= 4 is 50.2 Å². The first kappa shape index (κ1) is 29.0. The number of non-ortho nitro benzene ring substituents is 1. The van der Waals surface area contributed by atoms with Crippen LogP contribution in [0.5, 0.6) is 0 Å². The van der Waals surface area contributed by atoms with Crippen LogP contribution in [0.1, 0.15) is 27.0 Å². The molecule has 0 aliphatic rings. The van der Waals surface area contributed by atoms with E-state index in [0.717, 1.165) is 12.1 Å². The fourth-order valence-electron chi connectivity index (χ4n) is 3.37. The van der Waals surface area contributed by atoms with Crippen LogP contribution in [0.25, 0.3) is 5.57 Å². The minimum atomic E-state index is -0.827. The maximum atomic E-state index is 11.9. The van der Waals surface area contributed by atoms with Crippen LogP contribution in [0, 0.1) is 10.1 Å². The first-order chi connectivity index (χ1) is 19.0. The third-order valence-electron chi connectivity index (χ3n) is 5.37. The molecule has 0 saturated carbocycles. The van der Waals surface area contributed by atoms with Gasteiger partial charge in [-0.25, -0.2) is 4.79 Å². The number of hydrazine groups is 1. The molecule has 0 fully saturated rings. The van der Waals surface area contributed by atoms with E-state index in [4.69, 9.17) is 0 Å². The first-order valence-electron chi connectivity index (χ1n) is 11.9. The summed E-state index contributed by atoms with van der Waals surface area (Å²) in [7, 11) is 0. The molecular formula is C30H25N3O5Sn. The third-order valence-corrected chi connectivity index (χ3v) is 9.12. The van der Waals surface area contributed by atoms with Gasteiger partial charge in [0.15, 0.2) is 0 Å². The zero-order valence-corrected chi connectivity index (χ0v) is 23.7. The Labute approximate surface area is 236 Å². The predicted octanol–water partition coefficient (Wildman–Crippen LogP) is 4.36. The Balaban J connectivity index is 0.000000239. The normalized spacial score (nSPS) is 9.74. The molecule has 0 aliphatic carbocycles. The average Bonchev–Trinajstić information content (AvgIpc) is 2.98. The van der Waals surface area contributed by atoms with Gasteiger partial charge in [0.25, 0.3) is 17.5 Å². The second-order valence-corrected chi connectivity index (χ2v) is 11.6. The molecular weight excluding hydrogens is 601 g/mol. The summed E-state index contributed by atoms with van der Waals surface area (Å²) in [6, 6.07) is 34.6. The molecule has 2 amide bonds. The van der Waals surface area contributed by atoms with Crippen LogP contribution in [-0.4, -0.2) is 43.8 Å². The van der Waals surface area contributed by atoms with Gasteiger partial charge < -0.3 is 0 Å². The standard InChI is InChI=1S/C16H11N3O5.2C7H7.Sn/c20-10-14(11-4-2-1-3-5-11)16(22)18-17-15(21)12-6-8-13(9-7-12)19(23)24;2*1-7-5-3-2-4-6-7;/h1-9H,(H,17,21)(H,18,22);2*2-6H,1H2;. The van der Waals surface area contributed by atoms with E-state index in [1.165, 1.54) is 38.1 Å². The Kier molecular flexibility index (Phi) is 11.7. The van der Waals surface area contributed by atoms with Crippen LogP contribution in [0.3, 0.4) is 0 Å². The number of carbonyl (C=O) groups is 2. The topological polar surface area (TPSA) is 118 Å². The maximum absolute atomic E-state index is 11.9. The van der Waals surface area contributed by atoms with Gasteiger partial charge in [-0.2, -0.15) is 0 Å². The van der Waals surface area contributed by atoms with Gasteiger partial charge in [0.05, 0.1) is 4.92 Å². The van der Waals surface area contributed by atoms with Crippen molar-refractivity contribution in [3.8, 4) is 0 Å². The van der Waals surface area contributed by atoms with Crippen molar-refractivity contribution in [3.63, 3.8) is 0 Å². The number of carbonyl (C=O) groups excluding carboxylic acids is 3. The van der Waals surface area contributed by atoms with Gasteiger partial charge in [-0.15, -0.1) is 0 Å². The summed E-state index contributed by atoms with van der Waals surface area (Å²) in [5.74, 6) is 0.0188. The molecule has 0 bridgehead atoms. The van der Waals surface area contributed by atoms with Gasteiger partial charge in [0.1, 0.15) is 11.5 Å². The minimum absolute atomic E-state index is 0.109. The summed E-state index contributed by atoms with van der Waals surface area (Å²) in [5.41, 5.74) is 7.29. The molecule has 4 aromatic carbocycles. The van der Waals surface area contributed by atoms with E-state index in [9.17, 15) is 24.5 Å². The average molecular weight is 626 g/mol. The molecule has 0 heterocycles. The van der Waals surface area contributed by atoms with Crippen molar-refractivity contribution < 1.29 is 19.3 Å². The summed E-state index contributed by atoms with van der Waals surface area (Å²) in [5, 5.41) is 10.5. The van der Waals surface area contributed by atoms with Crippen LogP contribution in [-0.2, 0) is 18.5 Å². The molecule has 0 atom stereocenters. The molecule has 8 nitrogen and oxygen atoms in total. The van der Waals surface area contributed by atoms with Crippen molar-refractivity contribution in [2.24, 2.45) is 0 Å². The molecule has 4 aromatic rings. The van der Waals surface area contributed by atoms with Crippen molar-refractivity contribution in [2.45, 2.75) is 8.87 Å². The van der Waals surface area contributed by atoms with E-state index in [-0.39, 0.29) is 38.0 Å². The van der Waals surface area contributed by atoms with E-state index >= 15 is 0 Å². The van der Waals surface area contributed by atoms with E-state index in [1.807, 2.05) is 0 Å². The second-order valence-electron chi connectivity index (χ2n) is 8.13. The molecule has 0 spiro atoms. The monoisotopic (exact) mass is 627 g/mol. The number of amides is 2. The number of nitrogens with zero attached hydrogens (tertiary/aromatic N) is 1. The number of rotatable bonds is 8. The molecule has 39 heavy (non-hydrogen) atoms. The van der Waals surface area contributed by atoms with Gasteiger partial charge in [-0.3, -0.25) is 30.6 Å². The Morgan fingerprint density at radius 3 is 1.64 bits per heavy atom. The molecule has 4 rings (SSSR count). The number of nitro benzene ring substituents is 1. The molecule has 2 radical (unpaired) electrons. The van der Waals surface area contributed by atoms with E-state index < -0.39 is 16.7 Å². The summed E-state index contributed by atoms with van der Waals surface area (Å²) in [6.07, 6.45) is 0. The zero-order chi connectivity index (χ0) is 27.9. The molecule has 0 aliphatic heterocycles. The second kappa shape index (κ2) is 15.7. The Morgan fingerprint density at radius 2 is 1.18 bits per heavy atom. The quantitative estimate of drug-likeness (QED) is 0.0992. The molecule has 194 valence electrons. The molecule has 0 aromatic heterocycles. The van der Waals surface area contributed by atoms with Crippen LogP contribution < -0.4 is 10.9 Å². The van der Waals surface area contributed by atoms with Crippen LogP contribution in [0.15, 0.2) is 115 Å². The Bertz CT molecular complexity index is 1380. The third kappa shape index (κ3) is 9.70. The molecule has 2 N–H and O–H groups in total. The number of hydrogen-bond acceptors (Lipinski definition) is 5. The summed E-state index contributed by atoms with van der Waals surface area (Å²) in [6.45, 7) is 0. The molecule has 9 heteroatoms. The van der Waals surface area contributed by atoms with E-state index in [0.29, 0.717) is 5.56 Å². The van der Waals surface area contributed by atoms with E-state index in [2.05, 4.69) is 71.5 Å². The summed E-state index contributed by atoms with van der Waals surface area (Å²) >= 11 is -0.258. The SMILES string of the molecule is O=C=C(C(=O)NNC(=O)c1ccc([N+](=O)[O-])cc1)c1ccccc1.c1ccc([CH2][Sn][CH2]c2ccccc2)cc1. The number of nitro groups is 1. The van der Waals surface area contributed by atoms with Crippen LogP contribution in [0.2, 0.25) is 0 Å². The Hall–Kier alpha value is -4.53. The molecule has 0 unspecified atom stereocenters. The first-order valence-corrected chi connectivity index (χ1v) is 16.0. The number of benzene rings is 4. The van der Waals surface area contributed by atoms with Gasteiger partial charge in [0.2, 0.25) is 0 Å².